The van der Waals surface area contributed by atoms with E-state index in [0.29, 0.717) is 11.7 Å². The van der Waals surface area contributed by atoms with Crippen molar-refractivity contribution >= 4 is 34.6 Å². The van der Waals surface area contributed by atoms with Gasteiger partial charge in [0.2, 0.25) is 0 Å². The van der Waals surface area contributed by atoms with Crippen LogP contribution in [0.15, 0.2) is 24.3 Å². The molecular formula is C11H13NO4P2. The molecule has 0 N–H and O–H groups in total. The van der Waals surface area contributed by atoms with Gasteiger partial charge in [0.05, 0.1) is 4.92 Å². The second-order valence-corrected chi connectivity index (χ2v) is 5.54. The quantitative estimate of drug-likeness (QED) is 0.438. The molecule has 2 unspecified atom stereocenters. The van der Waals surface area contributed by atoms with Crippen LogP contribution in [0.3, 0.4) is 0 Å². The highest BCUT2D eigenvalue weighted by atomic mass is 31.1. The molecule has 0 saturated heterocycles. The second kappa shape index (κ2) is 7.30. The Kier molecular flexibility index (Phi) is 6.03. The zero-order valence-corrected chi connectivity index (χ0v) is 11.7. The maximum absolute atomic E-state index is 11.5. The van der Waals surface area contributed by atoms with Crippen molar-refractivity contribution in [3.05, 3.63) is 39.9 Å². The number of nitro benzene ring substituents is 1. The summed E-state index contributed by atoms with van der Waals surface area (Å²) in [4.78, 5) is 32.5. The van der Waals surface area contributed by atoms with E-state index >= 15 is 0 Å². The predicted molar refractivity (Wildman–Crippen MR) is 74.1 cm³/mol. The number of rotatable bonds is 7. The summed E-state index contributed by atoms with van der Waals surface area (Å²) in [6.07, 6.45) is 0.788. The minimum absolute atomic E-state index is 0.0241. The summed E-state index contributed by atoms with van der Waals surface area (Å²) in [5.74, 6) is 0. The van der Waals surface area contributed by atoms with Gasteiger partial charge in [-0.25, -0.2) is 0 Å². The van der Waals surface area contributed by atoms with E-state index < -0.39 is 4.92 Å². The predicted octanol–water partition coefficient (Wildman–Crippen LogP) is 2.48. The van der Waals surface area contributed by atoms with Crippen LogP contribution in [0.4, 0.5) is 5.69 Å². The lowest BCUT2D eigenvalue weighted by molar-refractivity contribution is -0.385. The molecule has 1 aromatic rings. The first-order chi connectivity index (χ1) is 8.50. The Labute approximate surface area is 108 Å². The van der Waals surface area contributed by atoms with Gasteiger partial charge >= 0.3 is 0 Å². The van der Waals surface area contributed by atoms with Crippen molar-refractivity contribution in [3.63, 3.8) is 0 Å². The summed E-state index contributed by atoms with van der Waals surface area (Å²) >= 11 is 0. The molecule has 18 heavy (non-hydrogen) atoms. The molecule has 0 aliphatic carbocycles. The Balaban J connectivity index is 2.56. The molecule has 0 aliphatic rings. The Bertz CT molecular complexity index is 476. The van der Waals surface area contributed by atoms with Crippen molar-refractivity contribution in [1.82, 2.24) is 0 Å². The highest BCUT2D eigenvalue weighted by Gasteiger charge is 2.13. The number of carbonyl (C=O) groups is 2. The lowest BCUT2D eigenvalue weighted by Gasteiger charge is -2.02. The van der Waals surface area contributed by atoms with Gasteiger partial charge in [-0.15, -0.1) is 0 Å². The molecule has 0 aromatic heterocycles. The summed E-state index contributed by atoms with van der Waals surface area (Å²) < 4.78 is 0. The number of hydrogen-bond acceptors (Lipinski definition) is 4. The second-order valence-electron chi connectivity index (χ2n) is 3.63. The van der Waals surface area contributed by atoms with Gasteiger partial charge in [-0.3, -0.25) is 19.7 Å². The molecule has 0 bridgehead atoms. The molecule has 96 valence electrons. The van der Waals surface area contributed by atoms with Crippen molar-refractivity contribution in [2.75, 3.05) is 0 Å². The summed E-state index contributed by atoms with van der Waals surface area (Å²) in [6.45, 7) is 0. The number of carbonyl (C=O) groups excluding carboxylic acids is 2. The highest BCUT2D eigenvalue weighted by molar-refractivity contribution is 7.57. The largest absolute Gasteiger partial charge is 0.295 e. The van der Waals surface area contributed by atoms with Crippen molar-refractivity contribution < 1.29 is 14.5 Å². The third-order valence-corrected chi connectivity index (χ3v) is 3.75. The lowest BCUT2D eigenvalue weighted by Crippen LogP contribution is -1.96. The van der Waals surface area contributed by atoms with Crippen molar-refractivity contribution in [1.29, 1.82) is 0 Å². The van der Waals surface area contributed by atoms with E-state index in [2.05, 4.69) is 0 Å². The molecular weight excluding hydrogens is 272 g/mol. The van der Waals surface area contributed by atoms with Gasteiger partial charge in [0.1, 0.15) is 5.52 Å². The van der Waals surface area contributed by atoms with Crippen LogP contribution in [0.25, 0.3) is 0 Å². The first-order valence-electron chi connectivity index (χ1n) is 5.28. The average Bonchev–Trinajstić information content (AvgIpc) is 2.34. The summed E-state index contributed by atoms with van der Waals surface area (Å²) in [5, 5.41) is 10.8. The fourth-order valence-corrected chi connectivity index (χ4v) is 2.49. The van der Waals surface area contributed by atoms with Crippen molar-refractivity contribution in [2.24, 2.45) is 0 Å². The lowest BCUT2D eigenvalue weighted by atomic mass is 10.2. The smallest absolute Gasteiger partial charge is 0.272 e. The van der Waals surface area contributed by atoms with Crippen LogP contribution >= 0.6 is 17.8 Å². The van der Waals surface area contributed by atoms with Gasteiger partial charge in [0.25, 0.3) is 5.69 Å². The zero-order chi connectivity index (χ0) is 13.5. The molecule has 7 heteroatoms. The van der Waals surface area contributed by atoms with E-state index in [1.165, 1.54) is 6.07 Å². The summed E-state index contributed by atoms with van der Waals surface area (Å²) in [5.41, 5.74) is 0.481. The third kappa shape index (κ3) is 4.99. The average molecular weight is 285 g/mol. The van der Waals surface area contributed by atoms with Crippen LogP contribution in [0, 0.1) is 10.1 Å². The number of para-hydroxylation sites is 1. The van der Waals surface area contributed by atoms with E-state index in [0.717, 1.165) is 0 Å². The minimum Gasteiger partial charge on any atom is -0.295 e. The van der Waals surface area contributed by atoms with Crippen LogP contribution in [0.2, 0.25) is 0 Å². The molecule has 0 heterocycles. The fraction of sp³-hybridized carbons (Fsp3) is 0.273. The molecule has 0 saturated carbocycles. The minimum atomic E-state index is -0.448. The maximum atomic E-state index is 11.5. The van der Waals surface area contributed by atoms with Gasteiger partial charge in [-0.1, -0.05) is 27.4 Å². The summed E-state index contributed by atoms with van der Waals surface area (Å²) in [6, 6.07) is 6.39. The van der Waals surface area contributed by atoms with Crippen molar-refractivity contribution in [3.8, 4) is 0 Å². The fourth-order valence-electron chi connectivity index (χ4n) is 1.36. The van der Waals surface area contributed by atoms with Crippen molar-refractivity contribution in [2.45, 2.75) is 19.0 Å². The van der Waals surface area contributed by atoms with Gasteiger partial charge in [-0.05, 0) is 8.58 Å². The van der Waals surface area contributed by atoms with Gasteiger partial charge in [0.15, 0.2) is 5.52 Å². The maximum Gasteiger partial charge on any atom is 0.272 e. The third-order valence-electron chi connectivity index (χ3n) is 2.26. The van der Waals surface area contributed by atoms with Gasteiger partial charge in [-0.2, -0.15) is 0 Å². The van der Waals surface area contributed by atoms with E-state index in [4.69, 9.17) is 0 Å². The summed E-state index contributed by atoms with van der Waals surface area (Å²) in [7, 11) is 1.99. The van der Waals surface area contributed by atoms with E-state index in [1.807, 2.05) is 9.24 Å². The molecule has 0 radical (unpaired) electrons. The molecule has 0 spiro atoms. The molecule has 0 amide bonds. The first kappa shape index (κ1) is 14.9. The van der Waals surface area contributed by atoms with Gasteiger partial charge < -0.3 is 0 Å². The molecule has 1 aromatic carbocycles. The Morgan fingerprint density at radius 1 is 1.28 bits per heavy atom. The Morgan fingerprint density at radius 2 is 1.94 bits per heavy atom. The van der Waals surface area contributed by atoms with Gasteiger partial charge in [0, 0.05) is 30.6 Å². The van der Waals surface area contributed by atoms with Crippen LogP contribution in [-0.4, -0.2) is 16.0 Å². The monoisotopic (exact) mass is 285 g/mol. The molecule has 5 nitrogen and oxygen atoms in total. The topological polar surface area (TPSA) is 77.3 Å². The SMILES string of the molecule is O=C(P)CCC(=O)PCc1ccccc1[N+](=O)[O-]. The van der Waals surface area contributed by atoms with E-state index in [-0.39, 0.29) is 38.2 Å². The normalized spacial score (nSPS) is 10.7. The van der Waals surface area contributed by atoms with E-state index in [1.54, 1.807) is 18.2 Å². The number of nitro groups is 1. The zero-order valence-electron chi connectivity index (χ0n) is 9.59. The van der Waals surface area contributed by atoms with Crippen LogP contribution in [0.5, 0.6) is 0 Å². The number of hydrogen-bond donors (Lipinski definition) is 0. The van der Waals surface area contributed by atoms with E-state index in [9.17, 15) is 19.7 Å². The number of nitrogens with zero attached hydrogens (tertiary/aromatic N) is 1. The molecule has 2 atom stereocenters. The highest BCUT2D eigenvalue weighted by Crippen LogP contribution is 2.27. The van der Waals surface area contributed by atoms with Crippen LogP contribution in [0.1, 0.15) is 18.4 Å². The van der Waals surface area contributed by atoms with Crippen LogP contribution < -0.4 is 0 Å². The Hall–Kier alpha value is -1.18. The standard InChI is InChI=1S/C11H13NO4P2/c13-10(17)5-6-11(14)18-7-8-3-1-2-4-9(8)12(15)16/h1-4,18H,5-7,17H2. The Morgan fingerprint density at radius 3 is 2.56 bits per heavy atom. The molecule has 0 fully saturated rings. The molecule has 1 rings (SSSR count). The van der Waals surface area contributed by atoms with Crippen LogP contribution in [-0.2, 0) is 15.8 Å². The first-order valence-corrected chi connectivity index (χ1v) is 7.06. The molecule has 0 aliphatic heterocycles. The number of benzene rings is 1.